The lowest BCUT2D eigenvalue weighted by Crippen LogP contribution is -2.23. The molecule has 1 N–H and O–H groups in total. The highest BCUT2D eigenvalue weighted by Gasteiger charge is 2.14. The number of carbonyl (C=O) groups excluding carboxylic acids is 1. The quantitative estimate of drug-likeness (QED) is 0.652. The molecule has 3 aromatic rings. The molecular weight excluding hydrogens is 374 g/mol. The molecule has 1 aromatic heterocycles. The third-order valence-corrected chi connectivity index (χ3v) is 4.55. The first-order chi connectivity index (χ1) is 13.1. The molecule has 0 aliphatic rings. The third-order valence-electron chi connectivity index (χ3n) is 3.65. The van der Waals surface area contributed by atoms with E-state index in [1.54, 1.807) is 11.4 Å². The van der Waals surface area contributed by atoms with Crippen LogP contribution in [0.25, 0.3) is 10.6 Å². The van der Waals surface area contributed by atoms with Crippen molar-refractivity contribution in [1.82, 2.24) is 10.3 Å². The van der Waals surface area contributed by atoms with Gasteiger partial charge in [-0.15, -0.1) is 11.3 Å². The third kappa shape index (κ3) is 4.79. The number of rotatable bonds is 7. The highest BCUT2D eigenvalue weighted by Crippen LogP contribution is 2.29. The van der Waals surface area contributed by atoms with Crippen molar-refractivity contribution < 1.29 is 23.0 Å². The molecule has 0 bridgehead atoms. The number of aromatic nitrogens is 1. The van der Waals surface area contributed by atoms with E-state index in [1.165, 1.54) is 30.6 Å². The van der Waals surface area contributed by atoms with Crippen LogP contribution in [0.15, 0.2) is 53.9 Å². The van der Waals surface area contributed by atoms with Crippen molar-refractivity contribution in [2.45, 2.75) is 13.2 Å². The van der Waals surface area contributed by atoms with Crippen LogP contribution >= 0.6 is 11.3 Å². The molecular formula is C19H16F2N2O3S. The van der Waals surface area contributed by atoms with Gasteiger partial charge in [0, 0.05) is 17.5 Å². The summed E-state index contributed by atoms with van der Waals surface area (Å²) in [4.78, 5) is 16.6. The Kier molecular flexibility index (Phi) is 5.97. The topological polar surface area (TPSA) is 60.5 Å². The number of carbonyl (C=O) groups is 1. The van der Waals surface area contributed by atoms with Crippen LogP contribution in [0.5, 0.6) is 11.5 Å². The largest absolute Gasteiger partial charge is 0.493 e. The van der Waals surface area contributed by atoms with Gasteiger partial charge in [0.15, 0.2) is 11.5 Å². The Labute approximate surface area is 158 Å². The lowest BCUT2D eigenvalue weighted by molar-refractivity contribution is -0.0512. The van der Waals surface area contributed by atoms with Gasteiger partial charge in [0.05, 0.1) is 7.11 Å². The van der Waals surface area contributed by atoms with Crippen LogP contribution in [0, 0.1) is 0 Å². The van der Waals surface area contributed by atoms with Gasteiger partial charge in [0.25, 0.3) is 5.91 Å². The number of benzene rings is 2. The van der Waals surface area contributed by atoms with E-state index in [4.69, 9.17) is 4.74 Å². The Bertz CT molecular complexity index is 916. The fourth-order valence-corrected chi connectivity index (χ4v) is 3.19. The van der Waals surface area contributed by atoms with Gasteiger partial charge in [-0.1, -0.05) is 36.4 Å². The average molecular weight is 390 g/mol. The maximum Gasteiger partial charge on any atom is 0.387 e. The van der Waals surface area contributed by atoms with E-state index >= 15 is 0 Å². The zero-order valence-corrected chi connectivity index (χ0v) is 15.1. The smallest absolute Gasteiger partial charge is 0.387 e. The monoisotopic (exact) mass is 390 g/mol. The summed E-state index contributed by atoms with van der Waals surface area (Å²) in [6.07, 6.45) is 0. The lowest BCUT2D eigenvalue weighted by atomic mass is 10.2. The number of hydrogen-bond donors (Lipinski definition) is 1. The average Bonchev–Trinajstić information content (AvgIpc) is 3.17. The standard InChI is InChI=1S/C19H16F2N2O3S/c1-25-15-8-7-12(9-16(15)26-19(20)21)10-22-17(24)14-11-27-18(23-14)13-5-3-2-4-6-13/h2-9,11,19H,10H2,1H3,(H,22,24). The fraction of sp³-hybridized carbons (Fsp3) is 0.158. The van der Waals surface area contributed by atoms with Gasteiger partial charge in [-0.05, 0) is 17.7 Å². The Morgan fingerprint density at radius 3 is 2.67 bits per heavy atom. The Morgan fingerprint density at radius 2 is 1.96 bits per heavy atom. The van der Waals surface area contributed by atoms with Crippen molar-refractivity contribution in [3.63, 3.8) is 0 Å². The van der Waals surface area contributed by atoms with E-state index in [0.29, 0.717) is 11.3 Å². The zero-order chi connectivity index (χ0) is 19.2. The molecule has 2 aromatic carbocycles. The van der Waals surface area contributed by atoms with Crippen LogP contribution < -0.4 is 14.8 Å². The second kappa shape index (κ2) is 8.59. The highest BCUT2D eigenvalue weighted by atomic mass is 32.1. The summed E-state index contributed by atoms with van der Waals surface area (Å²) >= 11 is 1.38. The second-order valence-corrected chi connectivity index (χ2v) is 6.31. The van der Waals surface area contributed by atoms with Crippen LogP contribution in [0.2, 0.25) is 0 Å². The number of amides is 1. The summed E-state index contributed by atoms with van der Waals surface area (Å²) in [6, 6.07) is 14.1. The summed E-state index contributed by atoms with van der Waals surface area (Å²) in [7, 11) is 1.36. The Balaban J connectivity index is 1.66. The van der Waals surface area contributed by atoms with Crippen LogP contribution in [0.4, 0.5) is 8.78 Å². The number of nitrogens with zero attached hydrogens (tertiary/aromatic N) is 1. The fourth-order valence-electron chi connectivity index (χ4n) is 2.38. The van der Waals surface area contributed by atoms with Crippen molar-refractivity contribution in [3.05, 3.63) is 65.2 Å². The molecule has 27 heavy (non-hydrogen) atoms. The first-order valence-corrected chi connectivity index (χ1v) is 8.85. The second-order valence-electron chi connectivity index (χ2n) is 5.45. The molecule has 1 amide bonds. The molecule has 140 valence electrons. The van der Waals surface area contributed by atoms with Crippen LogP contribution in [-0.4, -0.2) is 24.6 Å². The molecule has 0 unspecified atom stereocenters. The molecule has 0 saturated heterocycles. The van der Waals surface area contributed by atoms with Crippen LogP contribution in [-0.2, 0) is 6.54 Å². The van der Waals surface area contributed by atoms with E-state index in [-0.39, 0.29) is 24.0 Å². The summed E-state index contributed by atoms with van der Waals surface area (Å²) in [5, 5.41) is 5.14. The molecule has 0 aliphatic heterocycles. The molecule has 0 saturated carbocycles. The minimum Gasteiger partial charge on any atom is -0.493 e. The maximum atomic E-state index is 12.5. The number of ether oxygens (including phenoxy) is 2. The first kappa shape index (κ1) is 18.8. The summed E-state index contributed by atoms with van der Waals surface area (Å²) < 4.78 is 34.4. The van der Waals surface area contributed by atoms with E-state index in [0.717, 1.165) is 10.6 Å². The number of methoxy groups -OCH3 is 1. The van der Waals surface area contributed by atoms with Crippen molar-refractivity contribution in [3.8, 4) is 22.1 Å². The molecule has 8 heteroatoms. The minimum absolute atomic E-state index is 0.0840. The Morgan fingerprint density at radius 1 is 1.19 bits per heavy atom. The minimum atomic E-state index is -2.96. The number of halogens is 2. The van der Waals surface area contributed by atoms with Crippen LogP contribution in [0.3, 0.4) is 0 Å². The predicted molar refractivity (Wildman–Crippen MR) is 98.3 cm³/mol. The van der Waals surface area contributed by atoms with Crippen molar-refractivity contribution in [2.75, 3.05) is 7.11 Å². The molecule has 0 radical (unpaired) electrons. The van der Waals surface area contributed by atoms with E-state index in [9.17, 15) is 13.6 Å². The summed E-state index contributed by atoms with van der Waals surface area (Å²) in [5.41, 5.74) is 1.83. The first-order valence-electron chi connectivity index (χ1n) is 7.97. The van der Waals surface area contributed by atoms with Gasteiger partial charge in [0.2, 0.25) is 0 Å². The van der Waals surface area contributed by atoms with Gasteiger partial charge >= 0.3 is 6.61 Å². The van der Waals surface area contributed by atoms with Gasteiger partial charge in [-0.25, -0.2) is 4.98 Å². The SMILES string of the molecule is COc1ccc(CNC(=O)c2csc(-c3ccccc3)n2)cc1OC(F)F. The van der Waals surface area contributed by atoms with E-state index in [2.05, 4.69) is 15.0 Å². The normalized spacial score (nSPS) is 10.7. The molecule has 1 heterocycles. The molecule has 0 aliphatic carbocycles. The van der Waals surface area contributed by atoms with Gasteiger partial charge < -0.3 is 14.8 Å². The molecule has 0 fully saturated rings. The Hall–Kier alpha value is -3.00. The molecule has 0 spiro atoms. The predicted octanol–water partition coefficient (Wildman–Crippen LogP) is 4.35. The van der Waals surface area contributed by atoms with Gasteiger partial charge in [-0.2, -0.15) is 8.78 Å². The number of thiazole rings is 1. The van der Waals surface area contributed by atoms with Crippen LogP contribution in [0.1, 0.15) is 16.1 Å². The van der Waals surface area contributed by atoms with Crippen molar-refractivity contribution >= 4 is 17.2 Å². The summed E-state index contributed by atoms with van der Waals surface area (Å²) in [6.45, 7) is -2.82. The van der Waals surface area contributed by atoms with Crippen molar-refractivity contribution in [2.24, 2.45) is 0 Å². The van der Waals surface area contributed by atoms with Gasteiger partial charge in [0.1, 0.15) is 10.7 Å². The molecule has 0 atom stereocenters. The maximum absolute atomic E-state index is 12.5. The number of hydrogen-bond acceptors (Lipinski definition) is 5. The van der Waals surface area contributed by atoms with E-state index in [1.807, 2.05) is 30.3 Å². The van der Waals surface area contributed by atoms with Crippen molar-refractivity contribution in [1.29, 1.82) is 0 Å². The zero-order valence-electron chi connectivity index (χ0n) is 14.3. The molecule has 3 rings (SSSR count). The van der Waals surface area contributed by atoms with E-state index < -0.39 is 6.61 Å². The lowest BCUT2D eigenvalue weighted by Gasteiger charge is -2.11. The molecule has 5 nitrogen and oxygen atoms in total. The summed E-state index contributed by atoms with van der Waals surface area (Å²) in [5.74, 6) is -0.239. The van der Waals surface area contributed by atoms with Gasteiger partial charge in [-0.3, -0.25) is 4.79 Å². The highest BCUT2D eigenvalue weighted by molar-refractivity contribution is 7.13. The number of nitrogens with one attached hydrogen (secondary N) is 1. The number of alkyl halides is 2.